The number of halogens is 2. The number of benzene rings is 2. The number of nitrogens with one attached hydrogen (secondary N) is 2. The number of hydrogen-bond acceptors (Lipinski definition) is 3. The molecule has 0 aliphatic heterocycles. The van der Waals surface area contributed by atoms with E-state index in [-0.39, 0.29) is 10.6 Å². The van der Waals surface area contributed by atoms with Crippen LogP contribution >= 0.6 is 23.2 Å². The Balaban J connectivity index is 1.95. The Kier molecular flexibility index (Phi) is 4.56. The summed E-state index contributed by atoms with van der Waals surface area (Å²) in [6, 6.07) is 11.1. The summed E-state index contributed by atoms with van der Waals surface area (Å²) in [5.41, 5.74) is -1.36. The van der Waals surface area contributed by atoms with Gasteiger partial charge in [0.2, 0.25) is 0 Å². The van der Waals surface area contributed by atoms with Gasteiger partial charge in [-0.25, -0.2) is 0 Å². The van der Waals surface area contributed by atoms with Crippen molar-refractivity contribution in [1.29, 1.82) is 0 Å². The molecule has 0 aliphatic rings. The van der Waals surface area contributed by atoms with Crippen molar-refractivity contribution < 1.29 is 9.90 Å². The first-order chi connectivity index (χ1) is 11.8. The minimum absolute atomic E-state index is 0.199. The van der Waals surface area contributed by atoms with Gasteiger partial charge in [0.15, 0.2) is 5.60 Å². The Hall–Kier alpha value is -2.34. The smallest absolute Gasteiger partial charge is 0.260 e. The molecule has 0 saturated heterocycles. The Labute approximate surface area is 153 Å². The molecule has 1 aromatic heterocycles. The van der Waals surface area contributed by atoms with Gasteiger partial charge in [0.05, 0.1) is 10.7 Å². The molecule has 5 nitrogen and oxygen atoms in total. The minimum atomic E-state index is -1.78. The molecule has 0 spiro atoms. The summed E-state index contributed by atoms with van der Waals surface area (Å²) in [7, 11) is 0. The van der Waals surface area contributed by atoms with Gasteiger partial charge in [0, 0.05) is 16.6 Å². The molecule has 3 aromatic rings. The SMILES string of the molecule is CC(O)(C(=O)Nc1cc2cc[nH]c(=O)c2cc1Cl)c1ccc(Cl)cc1. The second-order valence-corrected chi connectivity index (χ2v) is 6.60. The van der Waals surface area contributed by atoms with Crippen LogP contribution in [0.15, 0.2) is 53.5 Å². The summed E-state index contributed by atoms with van der Waals surface area (Å²) < 4.78 is 0. The number of aromatic amines is 1. The van der Waals surface area contributed by atoms with Crippen molar-refractivity contribution in [2.24, 2.45) is 0 Å². The van der Waals surface area contributed by atoms with Crippen LogP contribution < -0.4 is 10.9 Å². The number of pyridine rings is 1. The number of hydrogen-bond donors (Lipinski definition) is 3. The number of carbonyl (C=O) groups excluding carboxylic acids is 1. The molecule has 0 saturated carbocycles. The van der Waals surface area contributed by atoms with Crippen LogP contribution in [0.1, 0.15) is 12.5 Å². The normalized spacial score (nSPS) is 13.4. The fraction of sp³-hybridized carbons (Fsp3) is 0.111. The maximum Gasteiger partial charge on any atom is 0.260 e. The molecular weight excluding hydrogens is 363 g/mol. The van der Waals surface area contributed by atoms with E-state index in [4.69, 9.17) is 23.2 Å². The molecule has 0 fully saturated rings. The summed E-state index contributed by atoms with van der Waals surface area (Å²) in [5.74, 6) is -0.652. The zero-order chi connectivity index (χ0) is 18.2. The lowest BCUT2D eigenvalue weighted by Crippen LogP contribution is -2.37. The zero-order valence-corrected chi connectivity index (χ0v) is 14.7. The molecule has 3 rings (SSSR count). The third kappa shape index (κ3) is 3.39. The predicted molar refractivity (Wildman–Crippen MR) is 99.2 cm³/mol. The van der Waals surface area contributed by atoms with E-state index in [0.717, 1.165) is 0 Å². The Morgan fingerprint density at radius 3 is 2.52 bits per heavy atom. The maximum absolute atomic E-state index is 12.6. The molecule has 1 unspecified atom stereocenters. The van der Waals surface area contributed by atoms with Gasteiger partial charge >= 0.3 is 0 Å². The molecule has 3 N–H and O–H groups in total. The standard InChI is InChI=1S/C18H14Cl2N2O3/c1-18(25,11-2-4-12(19)5-3-11)17(24)22-15-8-10-6-7-21-16(23)13(10)9-14(15)20/h2-9,25H,1H3,(H,21,23)(H,22,24). The molecule has 2 aromatic carbocycles. The van der Waals surface area contributed by atoms with Crippen molar-refractivity contribution >= 4 is 45.6 Å². The quantitative estimate of drug-likeness (QED) is 0.651. The molecule has 1 heterocycles. The highest BCUT2D eigenvalue weighted by Crippen LogP contribution is 2.29. The van der Waals surface area contributed by atoms with Crippen LogP contribution in [0.2, 0.25) is 10.0 Å². The summed E-state index contributed by atoms with van der Waals surface area (Å²) in [6.07, 6.45) is 1.51. The van der Waals surface area contributed by atoms with Crippen molar-refractivity contribution in [1.82, 2.24) is 4.98 Å². The van der Waals surface area contributed by atoms with Crippen molar-refractivity contribution in [3.8, 4) is 0 Å². The molecule has 1 amide bonds. The summed E-state index contributed by atoms with van der Waals surface area (Å²) >= 11 is 12.0. The number of carbonyl (C=O) groups is 1. The van der Waals surface area contributed by atoms with Crippen LogP contribution in [-0.4, -0.2) is 16.0 Å². The third-order valence-electron chi connectivity index (χ3n) is 3.96. The molecule has 128 valence electrons. The highest BCUT2D eigenvalue weighted by atomic mass is 35.5. The van der Waals surface area contributed by atoms with E-state index in [1.54, 1.807) is 36.4 Å². The van der Waals surface area contributed by atoms with Crippen molar-refractivity contribution in [2.45, 2.75) is 12.5 Å². The lowest BCUT2D eigenvalue weighted by atomic mass is 9.95. The predicted octanol–water partition coefficient (Wildman–Crippen LogP) is 3.68. The zero-order valence-electron chi connectivity index (χ0n) is 13.1. The first kappa shape index (κ1) is 17.5. The number of amides is 1. The summed E-state index contributed by atoms with van der Waals surface area (Å²) in [5, 5.41) is 14.9. The number of aromatic nitrogens is 1. The average Bonchev–Trinajstić information content (AvgIpc) is 2.57. The van der Waals surface area contributed by atoms with Crippen LogP contribution in [0.25, 0.3) is 10.8 Å². The first-order valence-corrected chi connectivity index (χ1v) is 8.15. The van der Waals surface area contributed by atoms with Gasteiger partial charge in [-0.15, -0.1) is 0 Å². The van der Waals surface area contributed by atoms with Gasteiger partial charge in [-0.1, -0.05) is 35.3 Å². The van der Waals surface area contributed by atoms with E-state index in [1.165, 1.54) is 19.2 Å². The minimum Gasteiger partial charge on any atom is -0.376 e. The highest BCUT2D eigenvalue weighted by Gasteiger charge is 2.32. The van der Waals surface area contributed by atoms with E-state index in [9.17, 15) is 14.7 Å². The van der Waals surface area contributed by atoms with E-state index in [0.29, 0.717) is 27.0 Å². The fourth-order valence-corrected chi connectivity index (χ4v) is 2.79. The van der Waals surface area contributed by atoms with Gasteiger partial charge in [0.1, 0.15) is 0 Å². The molecule has 0 radical (unpaired) electrons. The van der Waals surface area contributed by atoms with Gasteiger partial charge in [-0.2, -0.15) is 0 Å². The maximum atomic E-state index is 12.6. The number of anilines is 1. The van der Waals surface area contributed by atoms with Crippen molar-refractivity contribution in [3.05, 3.63) is 74.6 Å². The number of rotatable bonds is 3. The van der Waals surface area contributed by atoms with Gasteiger partial charge in [-0.3, -0.25) is 9.59 Å². The van der Waals surface area contributed by atoms with Crippen molar-refractivity contribution in [3.63, 3.8) is 0 Å². The van der Waals surface area contributed by atoms with E-state index in [2.05, 4.69) is 10.3 Å². The monoisotopic (exact) mass is 376 g/mol. The lowest BCUT2D eigenvalue weighted by molar-refractivity contribution is -0.133. The largest absolute Gasteiger partial charge is 0.376 e. The Morgan fingerprint density at radius 1 is 1.16 bits per heavy atom. The highest BCUT2D eigenvalue weighted by molar-refractivity contribution is 6.34. The van der Waals surface area contributed by atoms with E-state index >= 15 is 0 Å². The molecule has 0 bridgehead atoms. The van der Waals surface area contributed by atoms with E-state index < -0.39 is 11.5 Å². The number of fused-ring (bicyclic) bond motifs is 1. The van der Waals surface area contributed by atoms with Gasteiger partial charge < -0.3 is 15.4 Å². The third-order valence-corrected chi connectivity index (χ3v) is 4.52. The van der Waals surface area contributed by atoms with Gasteiger partial charge in [0.25, 0.3) is 11.5 Å². The Bertz CT molecular complexity index is 1010. The van der Waals surface area contributed by atoms with Crippen LogP contribution in [0.4, 0.5) is 5.69 Å². The van der Waals surface area contributed by atoms with Crippen LogP contribution in [0.5, 0.6) is 0 Å². The van der Waals surface area contributed by atoms with Crippen LogP contribution in [0, 0.1) is 0 Å². The van der Waals surface area contributed by atoms with E-state index in [1.807, 2.05) is 0 Å². The number of H-pyrrole nitrogens is 1. The first-order valence-electron chi connectivity index (χ1n) is 7.40. The van der Waals surface area contributed by atoms with Crippen molar-refractivity contribution in [2.75, 3.05) is 5.32 Å². The summed E-state index contributed by atoms with van der Waals surface area (Å²) in [4.78, 5) is 26.9. The lowest BCUT2D eigenvalue weighted by Gasteiger charge is -2.23. The average molecular weight is 377 g/mol. The topological polar surface area (TPSA) is 82.2 Å². The molecular formula is C18H14Cl2N2O3. The van der Waals surface area contributed by atoms with Crippen LogP contribution in [0.3, 0.4) is 0 Å². The van der Waals surface area contributed by atoms with Gasteiger partial charge in [-0.05, 0) is 48.2 Å². The second-order valence-electron chi connectivity index (χ2n) is 5.76. The molecule has 0 aliphatic carbocycles. The van der Waals surface area contributed by atoms with Crippen LogP contribution in [-0.2, 0) is 10.4 Å². The fourth-order valence-electron chi connectivity index (χ4n) is 2.45. The molecule has 1 atom stereocenters. The molecule has 7 heteroatoms. The molecule has 25 heavy (non-hydrogen) atoms. The Morgan fingerprint density at radius 2 is 1.84 bits per heavy atom. The number of aliphatic hydroxyl groups is 1. The summed E-state index contributed by atoms with van der Waals surface area (Å²) in [6.45, 7) is 1.38. The second kappa shape index (κ2) is 6.52.